The summed E-state index contributed by atoms with van der Waals surface area (Å²) in [5.41, 5.74) is 1.26. The Balaban J connectivity index is 1.41. The van der Waals surface area contributed by atoms with Crippen molar-refractivity contribution in [2.24, 2.45) is 0 Å². The van der Waals surface area contributed by atoms with Gasteiger partial charge in [-0.1, -0.05) is 44.4 Å². The summed E-state index contributed by atoms with van der Waals surface area (Å²) in [4.78, 5) is 5.12. The van der Waals surface area contributed by atoms with Crippen LogP contribution in [0.15, 0.2) is 24.3 Å². The molecule has 0 bridgehead atoms. The normalized spacial score (nSPS) is 20.2. The Bertz CT molecular complexity index is 764. The Morgan fingerprint density at radius 3 is 2.59 bits per heavy atom. The molecule has 2 heterocycles. The van der Waals surface area contributed by atoms with Crippen LogP contribution in [0.25, 0.3) is 0 Å². The van der Waals surface area contributed by atoms with E-state index >= 15 is 0 Å². The number of para-hydroxylation sites is 1. The fourth-order valence-corrected chi connectivity index (χ4v) is 4.88. The molecular weight excluding hydrogens is 364 g/mol. The minimum Gasteiger partial charge on any atom is -0.496 e. The fourth-order valence-electron chi connectivity index (χ4n) is 4.88. The van der Waals surface area contributed by atoms with Crippen molar-refractivity contribution in [1.29, 1.82) is 0 Å². The summed E-state index contributed by atoms with van der Waals surface area (Å²) in [6.07, 6.45) is 7.27. The molecule has 1 aliphatic carbocycles. The van der Waals surface area contributed by atoms with Gasteiger partial charge in [-0.3, -0.25) is 9.80 Å². The van der Waals surface area contributed by atoms with E-state index in [4.69, 9.17) is 4.74 Å². The quantitative estimate of drug-likeness (QED) is 0.679. The number of hydrogen-bond donors (Lipinski definition) is 0. The highest BCUT2D eigenvalue weighted by Crippen LogP contribution is 2.33. The lowest BCUT2D eigenvalue weighted by atomic mass is 10.1. The highest BCUT2D eigenvalue weighted by atomic mass is 16.5. The van der Waals surface area contributed by atoms with Crippen molar-refractivity contribution >= 4 is 0 Å². The van der Waals surface area contributed by atoms with Gasteiger partial charge in [0.05, 0.1) is 19.2 Å². The van der Waals surface area contributed by atoms with Crippen LogP contribution in [-0.2, 0) is 6.54 Å². The van der Waals surface area contributed by atoms with E-state index in [9.17, 15) is 0 Å². The number of aromatic nitrogens is 4. The number of ether oxygens (including phenoxy) is 1. The molecule has 2 aliphatic rings. The number of hydrogen-bond acceptors (Lipinski definition) is 6. The van der Waals surface area contributed by atoms with Gasteiger partial charge in [0.2, 0.25) is 0 Å². The third-order valence-corrected chi connectivity index (χ3v) is 6.48. The molecule has 1 aromatic carbocycles. The van der Waals surface area contributed by atoms with E-state index in [1.807, 2.05) is 12.1 Å². The highest BCUT2D eigenvalue weighted by molar-refractivity contribution is 5.33. The predicted molar refractivity (Wildman–Crippen MR) is 113 cm³/mol. The van der Waals surface area contributed by atoms with Crippen molar-refractivity contribution in [2.45, 2.75) is 64.1 Å². The van der Waals surface area contributed by atoms with Gasteiger partial charge in [0.15, 0.2) is 5.82 Å². The molecule has 1 aliphatic heterocycles. The van der Waals surface area contributed by atoms with Crippen LogP contribution in [0.1, 0.15) is 68.9 Å². The van der Waals surface area contributed by atoms with E-state index in [1.54, 1.807) is 7.11 Å². The molecule has 1 saturated heterocycles. The predicted octanol–water partition coefficient (Wildman–Crippen LogP) is 3.46. The summed E-state index contributed by atoms with van der Waals surface area (Å²) in [5.74, 6) is 2.06. The van der Waals surface area contributed by atoms with Gasteiger partial charge >= 0.3 is 0 Å². The maximum absolute atomic E-state index is 5.53. The molecule has 1 aromatic heterocycles. The summed E-state index contributed by atoms with van der Waals surface area (Å²) >= 11 is 0. The summed E-state index contributed by atoms with van der Waals surface area (Å²) in [6.45, 7) is 7.42. The van der Waals surface area contributed by atoms with E-state index in [-0.39, 0.29) is 0 Å². The molecule has 7 nitrogen and oxygen atoms in total. The van der Waals surface area contributed by atoms with Crippen LogP contribution in [-0.4, -0.2) is 63.3 Å². The molecule has 0 amide bonds. The Morgan fingerprint density at radius 1 is 1.10 bits per heavy atom. The molecule has 1 atom stereocenters. The Hall–Kier alpha value is -1.99. The van der Waals surface area contributed by atoms with Crippen molar-refractivity contribution in [3.8, 4) is 5.75 Å². The molecule has 4 rings (SSSR count). The maximum Gasteiger partial charge on any atom is 0.168 e. The maximum atomic E-state index is 5.53. The van der Waals surface area contributed by atoms with Gasteiger partial charge in [-0.15, -0.1) is 5.10 Å². The van der Waals surface area contributed by atoms with Crippen molar-refractivity contribution in [1.82, 2.24) is 30.0 Å². The summed E-state index contributed by atoms with van der Waals surface area (Å²) in [6, 6.07) is 9.15. The van der Waals surface area contributed by atoms with Crippen LogP contribution >= 0.6 is 0 Å². The highest BCUT2D eigenvalue weighted by Gasteiger charge is 2.31. The van der Waals surface area contributed by atoms with Crippen molar-refractivity contribution in [3.05, 3.63) is 35.7 Å². The number of piperazine rings is 1. The minimum atomic E-state index is 0.323. The molecule has 0 unspecified atom stereocenters. The molecule has 0 N–H and O–H groups in total. The van der Waals surface area contributed by atoms with Crippen LogP contribution < -0.4 is 4.74 Å². The van der Waals surface area contributed by atoms with Gasteiger partial charge in [0, 0.05) is 38.3 Å². The van der Waals surface area contributed by atoms with Gasteiger partial charge in [0.25, 0.3) is 0 Å². The third kappa shape index (κ3) is 4.61. The summed E-state index contributed by atoms with van der Waals surface area (Å²) < 4.78 is 7.67. The van der Waals surface area contributed by atoms with Gasteiger partial charge < -0.3 is 4.74 Å². The fraction of sp³-hybridized carbons (Fsp3) is 0.682. The first kappa shape index (κ1) is 20.3. The topological polar surface area (TPSA) is 59.3 Å². The lowest BCUT2D eigenvalue weighted by Crippen LogP contribution is -2.47. The van der Waals surface area contributed by atoms with Gasteiger partial charge in [0.1, 0.15) is 5.75 Å². The van der Waals surface area contributed by atoms with Gasteiger partial charge in [-0.25, -0.2) is 4.68 Å². The molecule has 1 saturated carbocycles. The molecule has 0 spiro atoms. The average molecular weight is 399 g/mol. The van der Waals surface area contributed by atoms with Crippen LogP contribution in [0, 0.1) is 0 Å². The van der Waals surface area contributed by atoms with E-state index in [0.717, 1.165) is 57.1 Å². The smallest absolute Gasteiger partial charge is 0.168 e. The molecule has 29 heavy (non-hydrogen) atoms. The first-order chi connectivity index (χ1) is 14.3. The Kier molecular flexibility index (Phi) is 6.77. The molecular formula is C22H34N6O. The SMILES string of the molecule is CCC[C@H](c1nnnn1C1CCCC1)N1CCN(Cc2ccccc2OC)CC1. The van der Waals surface area contributed by atoms with Crippen molar-refractivity contribution in [3.63, 3.8) is 0 Å². The van der Waals surface area contributed by atoms with E-state index in [1.165, 1.54) is 31.2 Å². The van der Waals surface area contributed by atoms with Crippen LogP contribution in [0.4, 0.5) is 0 Å². The zero-order valence-electron chi connectivity index (χ0n) is 17.8. The van der Waals surface area contributed by atoms with Crippen LogP contribution in [0.2, 0.25) is 0 Å². The summed E-state index contributed by atoms with van der Waals surface area (Å²) in [7, 11) is 1.75. The largest absolute Gasteiger partial charge is 0.496 e. The number of rotatable bonds is 8. The zero-order chi connectivity index (χ0) is 20.1. The Morgan fingerprint density at radius 2 is 1.86 bits per heavy atom. The lowest BCUT2D eigenvalue weighted by Gasteiger charge is -2.39. The van der Waals surface area contributed by atoms with E-state index in [2.05, 4.69) is 49.1 Å². The number of nitrogens with zero attached hydrogens (tertiary/aromatic N) is 6. The zero-order valence-corrected chi connectivity index (χ0v) is 17.8. The van der Waals surface area contributed by atoms with Gasteiger partial charge in [-0.05, 0) is 35.8 Å². The molecule has 158 valence electrons. The van der Waals surface area contributed by atoms with E-state index < -0.39 is 0 Å². The molecule has 2 fully saturated rings. The number of benzene rings is 1. The molecule has 7 heteroatoms. The van der Waals surface area contributed by atoms with E-state index in [0.29, 0.717) is 12.1 Å². The number of methoxy groups -OCH3 is 1. The second kappa shape index (κ2) is 9.67. The second-order valence-electron chi connectivity index (χ2n) is 8.35. The van der Waals surface area contributed by atoms with Crippen LogP contribution in [0.3, 0.4) is 0 Å². The first-order valence-corrected chi connectivity index (χ1v) is 11.2. The van der Waals surface area contributed by atoms with Crippen molar-refractivity contribution in [2.75, 3.05) is 33.3 Å². The molecule has 2 aromatic rings. The Labute approximate surface area is 174 Å². The first-order valence-electron chi connectivity index (χ1n) is 11.2. The summed E-state index contributed by atoms with van der Waals surface area (Å²) in [5, 5.41) is 13.0. The standard InChI is InChI=1S/C22H34N6O/c1-3-8-20(22-23-24-25-28(22)19-10-5-6-11-19)27-15-13-26(14-16-27)17-18-9-4-7-12-21(18)29-2/h4,7,9,12,19-20H,3,5-6,8,10-11,13-17H2,1-2H3/t20-/m1/s1. The van der Waals surface area contributed by atoms with Crippen molar-refractivity contribution < 1.29 is 4.74 Å². The average Bonchev–Trinajstić information content (AvgIpc) is 3.45. The monoisotopic (exact) mass is 398 g/mol. The number of tetrazole rings is 1. The molecule has 0 radical (unpaired) electrons. The van der Waals surface area contributed by atoms with Gasteiger partial charge in [-0.2, -0.15) is 0 Å². The van der Waals surface area contributed by atoms with Crippen LogP contribution in [0.5, 0.6) is 5.75 Å². The second-order valence-corrected chi connectivity index (χ2v) is 8.35. The third-order valence-electron chi connectivity index (χ3n) is 6.48. The minimum absolute atomic E-state index is 0.323. The lowest BCUT2D eigenvalue weighted by molar-refractivity contribution is 0.0806.